The number of ketones is 1. The van der Waals surface area contributed by atoms with E-state index in [1.165, 1.54) is 5.57 Å². The van der Waals surface area contributed by atoms with Gasteiger partial charge in [0.25, 0.3) is 0 Å². The van der Waals surface area contributed by atoms with Crippen LogP contribution in [0.3, 0.4) is 0 Å². The van der Waals surface area contributed by atoms with Gasteiger partial charge in [-0.1, -0.05) is 11.6 Å². The number of hydrogen-bond donors (Lipinski definition) is 0. The summed E-state index contributed by atoms with van der Waals surface area (Å²) in [7, 11) is 0. The van der Waals surface area contributed by atoms with Crippen LogP contribution in [0, 0.1) is 5.41 Å². The van der Waals surface area contributed by atoms with Gasteiger partial charge in [-0.25, -0.2) is 0 Å². The molecule has 0 radical (unpaired) electrons. The summed E-state index contributed by atoms with van der Waals surface area (Å²) < 4.78 is 0. The molecule has 0 aliphatic heterocycles. The lowest BCUT2D eigenvalue weighted by molar-refractivity contribution is -0.133. The summed E-state index contributed by atoms with van der Waals surface area (Å²) in [6.45, 7) is 6.10. The van der Waals surface area contributed by atoms with E-state index in [9.17, 15) is 4.79 Å². The van der Waals surface area contributed by atoms with Crippen LogP contribution in [-0.2, 0) is 4.79 Å². The maximum Gasteiger partial charge on any atom is 0.142 e. The van der Waals surface area contributed by atoms with Gasteiger partial charge < -0.3 is 0 Å². The fraction of sp³-hybridized carbons (Fsp3) is 0.667. The van der Waals surface area contributed by atoms with Gasteiger partial charge in [0.2, 0.25) is 0 Å². The molecule has 1 heteroatoms. The van der Waals surface area contributed by atoms with E-state index in [1.54, 1.807) is 0 Å². The van der Waals surface area contributed by atoms with Gasteiger partial charge in [0.15, 0.2) is 0 Å². The quantitative estimate of drug-likeness (QED) is 0.508. The van der Waals surface area contributed by atoms with Crippen LogP contribution in [0.2, 0.25) is 0 Å². The first-order chi connectivity index (χ1) is 4.54. The Morgan fingerprint density at radius 1 is 1.60 bits per heavy atom. The number of rotatable bonds is 1. The predicted molar refractivity (Wildman–Crippen MR) is 41.8 cm³/mol. The highest BCUT2D eigenvalue weighted by Gasteiger charge is 2.38. The second-order valence-electron chi connectivity index (χ2n) is 3.56. The van der Waals surface area contributed by atoms with Crippen molar-refractivity contribution in [3.63, 3.8) is 0 Å². The van der Waals surface area contributed by atoms with Crippen molar-refractivity contribution in [3.8, 4) is 0 Å². The smallest absolute Gasteiger partial charge is 0.142 e. The number of allylic oxidation sites excluding steroid dienone is 2. The van der Waals surface area contributed by atoms with Crippen molar-refractivity contribution >= 4 is 5.78 Å². The molecule has 0 amide bonds. The molecule has 1 unspecified atom stereocenters. The van der Waals surface area contributed by atoms with Gasteiger partial charge in [0.1, 0.15) is 5.78 Å². The molecule has 0 N–H and O–H groups in total. The second kappa shape index (κ2) is 2.22. The van der Waals surface area contributed by atoms with Gasteiger partial charge in [-0.2, -0.15) is 0 Å². The average Bonchev–Trinajstić information content (AvgIpc) is 1.84. The Labute approximate surface area is 62.1 Å². The highest BCUT2D eigenvalue weighted by atomic mass is 16.1. The molecular formula is C9H14O. The van der Waals surface area contributed by atoms with E-state index in [-0.39, 0.29) is 5.41 Å². The average molecular weight is 138 g/mol. The van der Waals surface area contributed by atoms with E-state index in [1.807, 2.05) is 20.8 Å². The Morgan fingerprint density at radius 3 is 2.30 bits per heavy atom. The number of Topliss-reactive ketones (excluding diaryl/α,β-unsaturated/α-hetero) is 1. The SMILES string of the molecule is CC(C)=CC1(C)CCC1=O. The largest absolute Gasteiger partial charge is 0.299 e. The van der Waals surface area contributed by atoms with Crippen LogP contribution in [-0.4, -0.2) is 5.78 Å². The maximum atomic E-state index is 11.0. The van der Waals surface area contributed by atoms with Crippen molar-refractivity contribution in [2.24, 2.45) is 5.41 Å². The van der Waals surface area contributed by atoms with Crippen molar-refractivity contribution in [1.82, 2.24) is 0 Å². The fourth-order valence-corrected chi connectivity index (χ4v) is 1.41. The molecule has 0 aromatic heterocycles. The molecule has 0 spiro atoms. The summed E-state index contributed by atoms with van der Waals surface area (Å²) in [6, 6.07) is 0. The van der Waals surface area contributed by atoms with Gasteiger partial charge in [0.05, 0.1) is 0 Å². The molecule has 56 valence electrons. The minimum atomic E-state index is -0.0984. The third-order valence-electron chi connectivity index (χ3n) is 2.12. The molecule has 0 aromatic carbocycles. The van der Waals surface area contributed by atoms with Crippen molar-refractivity contribution in [2.75, 3.05) is 0 Å². The lowest BCUT2D eigenvalue weighted by atomic mass is 9.68. The Hall–Kier alpha value is -0.590. The molecule has 0 heterocycles. The van der Waals surface area contributed by atoms with E-state index in [0.717, 1.165) is 12.8 Å². The van der Waals surface area contributed by atoms with Crippen LogP contribution in [0.25, 0.3) is 0 Å². The summed E-state index contributed by atoms with van der Waals surface area (Å²) in [4.78, 5) is 11.0. The Balaban J connectivity index is 2.71. The zero-order valence-electron chi connectivity index (χ0n) is 6.90. The van der Waals surface area contributed by atoms with E-state index < -0.39 is 0 Å². The van der Waals surface area contributed by atoms with Gasteiger partial charge >= 0.3 is 0 Å². The first-order valence-corrected chi connectivity index (χ1v) is 3.74. The molecule has 1 aliphatic carbocycles. The molecule has 10 heavy (non-hydrogen) atoms. The van der Waals surface area contributed by atoms with E-state index in [0.29, 0.717) is 5.78 Å². The van der Waals surface area contributed by atoms with Crippen LogP contribution >= 0.6 is 0 Å². The van der Waals surface area contributed by atoms with Crippen molar-refractivity contribution < 1.29 is 4.79 Å². The molecule has 1 aliphatic rings. The first-order valence-electron chi connectivity index (χ1n) is 3.74. The Morgan fingerprint density at radius 2 is 2.20 bits per heavy atom. The fourth-order valence-electron chi connectivity index (χ4n) is 1.41. The van der Waals surface area contributed by atoms with Crippen LogP contribution in [0.1, 0.15) is 33.6 Å². The minimum absolute atomic E-state index is 0.0984. The van der Waals surface area contributed by atoms with Gasteiger partial charge in [-0.05, 0) is 27.2 Å². The molecule has 0 saturated heterocycles. The summed E-state index contributed by atoms with van der Waals surface area (Å²) in [6.07, 6.45) is 3.90. The van der Waals surface area contributed by atoms with E-state index >= 15 is 0 Å². The Kier molecular flexibility index (Phi) is 1.67. The lowest BCUT2D eigenvalue weighted by Crippen LogP contribution is -2.36. The lowest BCUT2D eigenvalue weighted by Gasteiger charge is -2.33. The molecule has 1 saturated carbocycles. The summed E-state index contributed by atoms with van der Waals surface area (Å²) in [5.41, 5.74) is 1.15. The zero-order chi connectivity index (χ0) is 7.78. The normalized spacial score (nSPS) is 31.3. The molecular weight excluding hydrogens is 124 g/mol. The predicted octanol–water partition coefficient (Wildman–Crippen LogP) is 2.32. The summed E-state index contributed by atoms with van der Waals surface area (Å²) in [5.74, 6) is 0.397. The van der Waals surface area contributed by atoms with Gasteiger partial charge in [-0.3, -0.25) is 4.79 Å². The number of hydrogen-bond acceptors (Lipinski definition) is 1. The summed E-state index contributed by atoms with van der Waals surface area (Å²) >= 11 is 0. The van der Waals surface area contributed by atoms with Gasteiger partial charge in [-0.15, -0.1) is 0 Å². The van der Waals surface area contributed by atoms with Crippen LogP contribution in [0.5, 0.6) is 0 Å². The van der Waals surface area contributed by atoms with Crippen LogP contribution in [0.4, 0.5) is 0 Å². The standard InChI is InChI=1S/C9H14O/c1-7(2)6-9(3)5-4-8(9)10/h6H,4-5H2,1-3H3. The molecule has 1 rings (SSSR count). The van der Waals surface area contributed by atoms with Crippen LogP contribution in [0.15, 0.2) is 11.6 Å². The summed E-state index contributed by atoms with van der Waals surface area (Å²) in [5, 5.41) is 0. The molecule has 0 aromatic rings. The minimum Gasteiger partial charge on any atom is -0.299 e. The van der Waals surface area contributed by atoms with Crippen LogP contribution < -0.4 is 0 Å². The third kappa shape index (κ3) is 1.13. The van der Waals surface area contributed by atoms with Crippen molar-refractivity contribution in [1.29, 1.82) is 0 Å². The molecule has 0 bridgehead atoms. The first kappa shape index (κ1) is 7.52. The van der Waals surface area contributed by atoms with Gasteiger partial charge in [0, 0.05) is 11.8 Å². The highest BCUT2D eigenvalue weighted by molar-refractivity contribution is 5.91. The van der Waals surface area contributed by atoms with Crippen molar-refractivity contribution in [3.05, 3.63) is 11.6 Å². The second-order valence-corrected chi connectivity index (χ2v) is 3.56. The monoisotopic (exact) mass is 138 g/mol. The third-order valence-corrected chi connectivity index (χ3v) is 2.12. The van der Waals surface area contributed by atoms with Crippen molar-refractivity contribution in [2.45, 2.75) is 33.6 Å². The highest BCUT2D eigenvalue weighted by Crippen LogP contribution is 2.38. The van der Waals surface area contributed by atoms with E-state index in [2.05, 4.69) is 6.08 Å². The zero-order valence-corrected chi connectivity index (χ0v) is 6.90. The molecule has 1 fully saturated rings. The number of carbonyl (C=O) groups excluding carboxylic acids is 1. The molecule has 1 nitrogen and oxygen atoms in total. The molecule has 1 atom stereocenters. The maximum absolute atomic E-state index is 11.0. The number of carbonyl (C=O) groups is 1. The topological polar surface area (TPSA) is 17.1 Å². The van der Waals surface area contributed by atoms with E-state index in [4.69, 9.17) is 0 Å². The Bertz CT molecular complexity index is 187.